The van der Waals surface area contributed by atoms with Gasteiger partial charge in [-0.05, 0) is 118 Å². The molecular formula is C40H46O10. The summed E-state index contributed by atoms with van der Waals surface area (Å²) in [7, 11) is 0. The molecule has 0 saturated heterocycles. The molecule has 0 radical (unpaired) electrons. The lowest BCUT2D eigenvalue weighted by molar-refractivity contribution is -0.138. The number of carbonyl (C=O) groups excluding carboxylic acids is 4. The maximum absolute atomic E-state index is 12.8. The average molecular weight is 687 g/mol. The lowest BCUT2D eigenvalue weighted by Crippen LogP contribution is -2.11. The highest BCUT2D eigenvalue weighted by molar-refractivity contribution is 5.92. The van der Waals surface area contributed by atoms with Gasteiger partial charge in [0.15, 0.2) is 0 Å². The Bertz CT molecular complexity index is 1540. The van der Waals surface area contributed by atoms with Crippen LogP contribution in [0.15, 0.2) is 92.0 Å². The topological polar surface area (TPSA) is 124 Å². The standard InChI is InChI=1S/C40H46O10/c1-4-37(41)47-26-12-7-6-10-24-45-29-31-14-16-32(17-15-31)40(44)50-36-23-22-35(28-30(36)3)49-39(43)33-18-20-34(21-19-33)46-25-11-8-9-13-27-48-38(42)5-2/h4-5,14-23,28H,1-2,6-13,24-27,29H2,3H3. The zero-order chi connectivity index (χ0) is 36.0. The first-order valence-corrected chi connectivity index (χ1v) is 16.8. The van der Waals surface area contributed by atoms with Gasteiger partial charge in [0, 0.05) is 18.8 Å². The van der Waals surface area contributed by atoms with Crippen LogP contribution in [-0.4, -0.2) is 50.3 Å². The highest BCUT2D eigenvalue weighted by Gasteiger charge is 2.14. The summed E-state index contributed by atoms with van der Waals surface area (Å²) in [5.41, 5.74) is 2.34. The molecule has 0 N–H and O–H groups in total. The molecule has 10 heteroatoms. The van der Waals surface area contributed by atoms with E-state index in [-0.39, 0.29) is 0 Å². The van der Waals surface area contributed by atoms with Crippen molar-refractivity contribution >= 4 is 23.9 Å². The molecule has 0 amide bonds. The second-order valence-corrected chi connectivity index (χ2v) is 11.4. The average Bonchev–Trinajstić information content (AvgIpc) is 3.13. The number of ether oxygens (including phenoxy) is 6. The number of hydrogen-bond donors (Lipinski definition) is 0. The van der Waals surface area contributed by atoms with E-state index in [0.717, 1.165) is 69.1 Å². The third-order valence-electron chi connectivity index (χ3n) is 7.42. The van der Waals surface area contributed by atoms with E-state index in [1.807, 2.05) is 12.1 Å². The Morgan fingerprint density at radius 2 is 1.08 bits per heavy atom. The molecule has 0 heterocycles. The summed E-state index contributed by atoms with van der Waals surface area (Å²) in [6.07, 6.45) is 9.48. The molecule has 3 rings (SSSR count). The predicted molar refractivity (Wildman–Crippen MR) is 188 cm³/mol. The van der Waals surface area contributed by atoms with Crippen molar-refractivity contribution in [1.29, 1.82) is 0 Å². The van der Waals surface area contributed by atoms with Gasteiger partial charge in [0.05, 0.1) is 37.6 Å². The van der Waals surface area contributed by atoms with Crippen molar-refractivity contribution < 1.29 is 47.6 Å². The SMILES string of the molecule is C=CC(=O)OCCCCCCOCc1ccc(C(=O)Oc2ccc(OC(=O)c3ccc(OCCCCCCOC(=O)C=C)cc3)cc2C)cc1. The first-order valence-electron chi connectivity index (χ1n) is 16.8. The number of aryl methyl sites for hydroxylation is 1. The zero-order valence-electron chi connectivity index (χ0n) is 28.7. The van der Waals surface area contributed by atoms with E-state index in [0.29, 0.717) is 67.0 Å². The molecule has 0 spiro atoms. The molecular weight excluding hydrogens is 640 g/mol. The Kier molecular flexibility index (Phi) is 17.6. The Hall–Kier alpha value is -5.22. The van der Waals surface area contributed by atoms with Crippen LogP contribution in [0.25, 0.3) is 0 Å². The van der Waals surface area contributed by atoms with Crippen molar-refractivity contribution in [3.8, 4) is 17.2 Å². The van der Waals surface area contributed by atoms with E-state index in [9.17, 15) is 19.2 Å². The molecule has 0 saturated carbocycles. The van der Waals surface area contributed by atoms with E-state index in [4.69, 9.17) is 28.4 Å². The Balaban J connectivity index is 1.34. The van der Waals surface area contributed by atoms with Crippen LogP contribution in [0, 0.1) is 6.92 Å². The van der Waals surface area contributed by atoms with Crippen LogP contribution in [0.5, 0.6) is 17.2 Å². The van der Waals surface area contributed by atoms with Crippen LogP contribution in [0.1, 0.15) is 83.2 Å². The highest BCUT2D eigenvalue weighted by Crippen LogP contribution is 2.25. The van der Waals surface area contributed by atoms with Gasteiger partial charge in [-0.2, -0.15) is 0 Å². The maximum atomic E-state index is 12.8. The molecule has 0 aromatic heterocycles. The van der Waals surface area contributed by atoms with Crippen molar-refractivity contribution in [2.75, 3.05) is 26.4 Å². The molecule has 50 heavy (non-hydrogen) atoms. The summed E-state index contributed by atoms with van der Waals surface area (Å²) in [4.78, 5) is 47.5. The Labute approximate surface area is 294 Å². The van der Waals surface area contributed by atoms with Crippen molar-refractivity contribution in [1.82, 2.24) is 0 Å². The fourth-order valence-electron chi connectivity index (χ4n) is 4.61. The summed E-state index contributed by atoms with van der Waals surface area (Å²) in [6.45, 7) is 10.9. The number of carbonyl (C=O) groups is 4. The van der Waals surface area contributed by atoms with Crippen molar-refractivity contribution in [3.63, 3.8) is 0 Å². The number of esters is 4. The molecule has 0 fully saturated rings. The fraction of sp³-hybridized carbons (Fsp3) is 0.350. The molecule has 266 valence electrons. The normalized spacial score (nSPS) is 10.5. The monoisotopic (exact) mass is 686 g/mol. The van der Waals surface area contributed by atoms with Gasteiger partial charge in [0.25, 0.3) is 0 Å². The second kappa shape index (κ2) is 22.4. The van der Waals surface area contributed by atoms with Gasteiger partial charge >= 0.3 is 23.9 Å². The van der Waals surface area contributed by atoms with E-state index in [2.05, 4.69) is 13.2 Å². The number of hydrogen-bond acceptors (Lipinski definition) is 10. The highest BCUT2D eigenvalue weighted by atomic mass is 16.5. The van der Waals surface area contributed by atoms with Gasteiger partial charge < -0.3 is 28.4 Å². The minimum atomic E-state index is -0.523. The van der Waals surface area contributed by atoms with Crippen molar-refractivity contribution in [3.05, 3.63) is 114 Å². The quantitative estimate of drug-likeness (QED) is 0.0421. The van der Waals surface area contributed by atoms with E-state index >= 15 is 0 Å². The molecule has 0 aliphatic rings. The molecule has 0 aliphatic heterocycles. The van der Waals surface area contributed by atoms with E-state index < -0.39 is 23.9 Å². The van der Waals surface area contributed by atoms with Gasteiger partial charge in [-0.3, -0.25) is 0 Å². The Morgan fingerprint density at radius 1 is 0.580 bits per heavy atom. The largest absolute Gasteiger partial charge is 0.494 e. The second-order valence-electron chi connectivity index (χ2n) is 11.4. The van der Waals surface area contributed by atoms with E-state index in [1.165, 1.54) is 0 Å². The molecule has 10 nitrogen and oxygen atoms in total. The third-order valence-corrected chi connectivity index (χ3v) is 7.42. The van der Waals surface area contributed by atoms with Crippen LogP contribution in [0.3, 0.4) is 0 Å². The summed E-state index contributed by atoms with van der Waals surface area (Å²) >= 11 is 0. The molecule has 0 unspecified atom stereocenters. The van der Waals surface area contributed by atoms with Crippen LogP contribution in [0.2, 0.25) is 0 Å². The summed E-state index contributed by atoms with van der Waals surface area (Å²) in [5, 5.41) is 0. The van der Waals surface area contributed by atoms with Crippen LogP contribution in [0.4, 0.5) is 0 Å². The van der Waals surface area contributed by atoms with Gasteiger partial charge in [0.2, 0.25) is 0 Å². The van der Waals surface area contributed by atoms with E-state index in [1.54, 1.807) is 61.5 Å². The maximum Gasteiger partial charge on any atom is 0.343 e. The molecule has 0 aliphatic carbocycles. The summed E-state index contributed by atoms with van der Waals surface area (Å²) < 4.78 is 32.5. The minimum absolute atomic E-state index is 0.324. The number of rotatable bonds is 23. The third kappa shape index (κ3) is 14.9. The first-order chi connectivity index (χ1) is 24.3. The molecule has 0 bridgehead atoms. The molecule has 3 aromatic rings. The van der Waals surface area contributed by atoms with Gasteiger partial charge in [-0.15, -0.1) is 0 Å². The van der Waals surface area contributed by atoms with Crippen molar-refractivity contribution in [2.24, 2.45) is 0 Å². The lowest BCUT2D eigenvalue weighted by Gasteiger charge is -2.11. The summed E-state index contributed by atoms with van der Waals surface area (Å²) in [6, 6.07) is 18.6. The molecule has 0 atom stereocenters. The van der Waals surface area contributed by atoms with Crippen LogP contribution in [-0.2, 0) is 30.4 Å². The Morgan fingerprint density at radius 3 is 1.64 bits per heavy atom. The first kappa shape index (κ1) is 39.2. The molecule has 3 aromatic carbocycles. The van der Waals surface area contributed by atoms with Gasteiger partial charge in [-0.1, -0.05) is 31.7 Å². The smallest absolute Gasteiger partial charge is 0.343 e. The fourth-order valence-corrected chi connectivity index (χ4v) is 4.61. The van der Waals surface area contributed by atoms with Crippen LogP contribution < -0.4 is 14.2 Å². The van der Waals surface area contributed by atoms with Crippen LogP contribution >= 0.6 is 0 Å². The summed E-state index contributed by atoms with van der Waals surface area (Å²) in [5.74, 6) is -0.492. The van der Waals surface area contributed by atoms with Crippen molar-refractivity contribution in [2.45, 2.75) is 64.9 Å². The predicted octanol–water partition coefficient (Wildman–Crippen LogP) is 7.91. The minimum Gasteiger partial charge on any atom is -0.494 e. The number of benzene rings is 3. The van der Waals surface area contributed by atoms with Gasteiger partial charge in [0.1, 0.15) is 17.2 Å². The lowest BCUT2D eigenvalue weighted by atomic mass is 10.1. The van der Waals surface area contributed by atoms with Gasteiger partial charge in [-0.25, -0.2) is 19.2 Å². The number of unbranched alkanes of at least 4 members (excludes halogenated alkanes) is 6. The zero-order valence-corrected chi connectivity index (χ0v) is 28.7.